The second-order valence-corrected chi connectivity index (χ2v) is 6.34. The van der Waals surface area contributed by atoms with E-state index < -0.39 is 0 Å². The Hall–Kier alpha value is -0.480. The fourth-order valence-electron chi connectivity index (χ4n) is 2.59. The zero-order chi connectivity index (χ0) is 12.8. The van der Waals surface area contributed by atoms with Gasteiger partial charge in [0.15, 0.2) is 0 Å². The zero-order valence-corrected chi connectivity index (χ0v) is 12.1. The maximum absolute atomic E-state index is 12.0. The molecule has 1 aliphatic heterocycles. The number of carbonyl (C=O) groups excluding carboxylic acids is 1. The third kappa shape index (κ3) is 4.02. The maximum atomic E-state index is 12.0. The lowest BCUT2D eigenvalue weighted by Crippen LogP contribution is -2.48. The first-order valence-electron chi connectivity index (χ1n) is 7.05. The van der Waals surface area contributed by atoms with Gasteiger partial charge in [-0.2, -0.15) is 11.8 Å². The average molecular weight is 268 g/mol. The van der Waals surface area contributed by atoms with E-state index in [4.69, 9.17) is 0 Å². The third-order valence-electron chi connectivity index (χ3n) is 3.85. The van der Waals surface area contributed by atoms with Crippen LogP contribution in [0.1, 0.15) is 32.6 Å². The molecule has 3 nitrogen and oxygen atoms in total. The Morgan fingerprint density at radius 3 is 2.94 bits per heavy atom. The normalized spacial score (nSPS) is 22.6. The number of allylic oxidation sites excluding steroid dienone is 1. The Labute approximate surface area is 114 Å². The highest BCUT2D eigenvalue weighted by molar-refractivity contribution is 7.99. The molecule has 0 spiro atoms. The predicted molar refractivity (Wildman–Crippen MR) is 77.9 cm³/mol. The van der Waals surface area contributed by atoms with Crippen molar-refractivity contribution in [2.45, 2.75) is 38.6 Å². The van der Waals surface area contributed by atoms with Crippen molar-refractivity contribution in [2.24, 2.45) is 0 Å². The van der Waals surface area contributed by atoms with Crippen LogP contribution in [0.2, 0.25) is 0 Å². The fraction of sp³-hybridized carbons (Fsp3) is 0.786. The second-order valence-electron chi connectivity index (χ2n) is 5.12. The van der Waals surface area contributed by atoms with Gasteiger partial charge in [0.25, 0.3) is 0 Å². The van der Waals surface area contributed by atoms with Crippen LogP contribution < -0.4 is 5.32 Å². The van der Waals surface area contributed by atoms with Crippen LogP contribution in [-0.2, 0) is 4.79 Å². The molecule has 0 aromatic heterocycles. The van der Waals surface area contributed by atoms with Crippen LogP contribution in [0.15, 0.2) is 11.6 Å². The van der Waals surface area contributed by atoms with Crippen molar-refractivity contribution < 1.29 is 4.79 Å². The Bertz CT molecular complexity index is 311. The van der Waals surface area contributed by atoms with E-state index in [0.29, 0.717) is 0 Å². The van der Waals surface area contributed by atoms with Crippen molar-refractivity contribution in [3.63, 3.8) is 0 Å². The van der Waals surface area contributed by atoms with Crippen LogP contribution in [0.5, 0.6) is 0 Å². The van der Waals surface area contributed by atoms with Gasteiger partial charge in [-0.25, -0.2) is 0 Å². The SMILES string of the molecule is CC(C(=O)NCCC1=CCCC1)N1CCSCC1. The lowest BCUT2D eigenvalue weighted by atomic mass is 10.1. The minimum atomic E-state index is 0.0310. The van der Waals surface area contributed by atoms with E-state index in [9.17, 15) is 4.79 Å². The standard InChI is InChI=1S/C14H24N2OS/c1-12(16-8-10-18-11-9-16)14(17)15-7-6-13-4-2-3-5-13/h4,12H,2-3,5-11H2,1H3,(H,15,17). The summed E-state index contributed by atoms with van der Waals surface area (Å²) in [6.45, 7) is 4.92. The summed E-state index contributed by atoms with van der Waals surface area (Å²) in [4.78, 5) is 14.3. The van der Waals surface area contributed by atoms with Gasteiger partial charge in [0.05, 0.1) is 6.04 Å². The molecule has 0 bridgehead atoms. The van der Waals surface area contributed by atoms with E-state index in [1.54, 1.807) is 0 Å². The molecule has 2 aliphatic rings. The number of nitrogens with zero attached hydrogens (tertiary/aromatic N) is 1. The molecule has 0 saturated carbocycles. The maximum Gasteiger partial charge on any atom is 0.237 e. The van der Waals surface area contributed by atoms with Gasteiger partial charge in [0.1, 0.15) is 0 Å². The first kappa shape index (κ1) is 13.9. The minimum Gasteiger partial charge on any atom is -0.354 e. The van der Waals surface area contributed by atoms with E-state index >= 15 is 0 Å². The lowest BCUT2D eigenvalue weighted by molar-refractivity contribution is -0.125. The molecule has 18 heavy (non-hydrogen) atoms. The van der Waals surface area contributed by atoms with E-state index in [1.165, 1.54) is 24.8 Å². The molecular weight excluding hydrogens is 244 g/mol. The number of rotatable bonds is 5. The monoisotopic (exact) mass is 268 g/mol. The Balaban J connectivity index is 1.66. The van der Waals surface area contributed by atoms with Gasteiger partial charge in [0.2, 0.25) is 5.91 Å². The van der Waals surface area contributed by atoms with Crippen LogP contribution in [0.3, 0.4) is 0 Å². The molecule has 1 atom stereocenters. The summed E-state index contributed by atoms with van der Waals surface area (Å²) in [7, 11) is 0. The highest BCUT2D eigenvalue weighted by Crippen LogP contribution is 2.19. The Morgan fingerprint density at radius 1 is 1.50 bits per heavy atom. The number of thioether (sulfide) groups is 1. The third-order valence-corrected chi connectivity index (χ3v) is 4.80. The molecule has 1 aliphatic carbocycles. The van der Waals surface area contributed by atoms with Crippen molar-refractivity contribution in [3.05, 3.63) is 11.6 Å². The van der Waals surface area contributed by atoms with Crippen molar-refractivity contribution in [3.8, 4) is 0 Å². The molecule has 4 heteroatoms. The van der Waals surface area contributed by atoms with Crippen LogP contribution in [-0.4, -0.2) is 48.0 Å². The summed E-state index contributed by atoms with van der Waals surface area (Å²) in [6, 6.07) is 0.0310. The van der Waals surface area contributed by atoms with E-state index in [0.717, 1.165) is 37.6 Å². The van der Waals surface area contributed by atoms with Crippen LogP contribution in [0.4, 0.5) is 0 Å². The largest absolute Gasteiger partial charge is 0.354 e. The topological polar surface area (TPSA) is 32.3 Å². The molecule has 1 unspecified atom stereocenters. The van der Waals surface area contributed by atoms with Crippen molar-refractivity contribution >= 4 is 17.7 Å². The van der Waals surface area contributed by atoms with Crippen LogP contribution in [0.25, 0.3) is 0 Å². The molecule has 0 aromatic carbocycles. The van der Waals surface area contributed by atoms with Crippen LogP contribution >= 0.6 is 11.8 Å². The van der Waals surface area contributed by atoms with Gasteiger partial charge in [-0.05, 0) is 32.6 Å². The molecule has 1 amide bonds. The highest BCUT2D eigenvalue weighted by atomic mass is 32.2. The summed E-state index contributed by atoms with van der Waals surface area (Å²) < 4.78 is 0. The van der Waals surface area contributed by atoms with Crippen molar-refractivity contribution in [1.29, 1.82) is 0 Å². The molecule has 0 radical (unpaired) electrons. The second kappa shape index (κ2) is 7.19. The summed E-state index contributed by atoms with van der Waals surface area (Å²) in [5.74, 6) is 2.51. The molecule has 1 N–H and O–H groups in total. The zero-order valence-electron chi connectivity index (χ0n) is 11.3. The minimum absolute atomic E-state index is 0.0310. The molecule has 102 valence electrons. The first-order chi connectivity index (χ1) is 8.77. The Kier molecular flexibility index (Phi) is 5.57. The molecule has 0 aromatic rings. The quantitative estimate of drug-likeness (QED) is 0.775. The molecular formula is C14H24N2OS. The molecule has 1 fully saturated rings. The number of hydrogen-bond donors (Lipinski definition) is 1. The summed E-state index contributed by atoms with van der Waals surface area (Å²) in [6.07, 6.45) is 7.12. The van der Waals surface area contributed by atoms with E-state index in [-0.39, 0.29) is 11.9 Å². The van der Waals surface area contributed by atoms with E-state index in [1.807, 2.05) is 18.7 Å². The van der Waals surface area contributed by atoms with Gasteiger partial charge in [-0.1, -0.05) is 11.6 Å². The lowest BCUT2D eigenvalue weighted by Gasteiger charge is -2.31. The number of nitrogens with one attached hydrogen (secondary N) is 1. The fourth-order valence-corrected chi connectivity index (χ4v) is 3.52. The average Bonchev–Trinajstić information content (AvgIpc) is 2.92. The summed E-state index contributed by atoms with van der Waals surface area (Å²) >= 11 is 1.98. The van der Waals surface area contributed by atoms with E-state index in [2.05, 4.69) is 16.3 Å². The van der Waals surface area contributed by atoms with Gasteiger partial charge in [-0.3, -0.25) is 9.69 Å². The smallest absolute Gasteiger partial charge is 0.237 e. The van der Waals surface area contributed by atoms with Crippen molar-refractivity contribution in [1.82, 2.24) is 10.2 Å². The van der Waals surface area contributed by atoms with Gasteiger partial charge < -0.3 is 5.32 Å². The summed E-state index contributed by atoms with van der Waals surface area (Å²) in [5, 5.41) is 3.08. The van der Waals surface area contributed by atoms with Gasteiger partial charge in [-0.15, -0.1) is 0 Å². The number of hydrogen-bond acceptors (Lipinski definition) is 3. The van der Waals surface area contributed by atoms with Crippen LogP contribution in [0, 0.1) is 0 Å². The van der Waals surface area contributed by atoms with Gasteiger partial charge >= 0.3 is 0 Å². The Morgan fingerprint density at radius 2 is 2.28 bits per heavy atom. The number of carbonyl (C=O) groups is 1. The van der Waals surface area contributed by atoms with Crippen molar-refractivity contribution in [2.75, 3.05) is 31.1 Å². The highest BCUT2D eigenvalue weighted by Gasteiger charge is 2.22. The summed E-state index contributed by atoms with van der Waals surface area (Å²) in [5.41, 5.74) is 1.53. The van der Waals surface area contributed by atoms with Gasteiger partial charge in [0, 0.05) is 31.1 Å². The molecule has 2 rings (SSSR count). The molecule has 1 saturated heterocycles. The molecule has 1 heterocycles. The number of amides is 1. The first-order valence-corrected chi connectivity index (χ1v) is 8.20. The predicted octanol–water partition coefficient (Wildman–Crippen LogP) is 2.04.